The van der Waals surface area contributed by atoms with Gasteiger partial charge in [0.15, 0.2) is 35.5 Å². The van der Waals surface area contributed by atoms with Gasteiger partial charge in [-0.05, 0) is 72.8 Å². The highest BCUT2D eigenvalue weighted by molar-refractivity contribution is 6.33. The Morgan fingerprint density at radius 1 is 0.575 bits per heavy atom. The van der Waals surface area contributed by atoms with Gasteiger partial charge in [0.25, 0.3) is 11.8 Å². The number of para-hydroxylation sites is 2. The first-order valence-corrected chi connectivity index (χ1v) is 25.0. The smallest absolute Gasteiger partial charge is 0.382 e. The van der Waals surface area contributed by atoms with Gasteiger partial charge in [0, 0.05) is 34.0 Å². The van der Waals surface area contributed by atoms with Crippen LogP contribution in [0.3, 0.4) is 0 Å². The fourth-order valence-electron chi connectivity index (χ4n) is 7.80. The molecule has 2 aliphatic rings. The molecule has 10 rings (SSSR count). The minimum absolute atomic E-state index is 0.0167. The third-order valence-corrected chi connectivity index (χ3v) is 13.3. The molecular formula is C48H38Cl4F8N14O6. The van der Waals surface area contributed by atoms with Crippen LogP contribution in [0.4, 0.5) is 35.1 Å². The van der Waals surface area contributed by atoms with Gasteiger partial charge in [-0.15, -0.1) is 20.4 Å². The lowest BCUT2D eigenvalue weighted by molar-refractivity contribution is -0.207. The van der Waals surface area contributed by atoms with E-state index in [2.05, 4.69) is 41.0 Å². The molecule has 0 radical (unpaired) electrons. The molecule has 80 heavy (non-hydrogen) atoms. The quantitative estimate of drug-likeness (QED) is 0.0729. The average Bonchev–Trinajstić information content (AvgIpc) is 3.96. The summed E-state index contributed by atoms with van der Waals surface area (Å²) < 4.78 is 111. The lowest BCUT2D eigenvalue weighted by atomic mass is 10.1. The number of nitrogens with one attached hydrogen (secondary N) is 2. The zero-order valence-corrected chi connectivity index (χ0v) is 43.4. The number of hydrogen-bond donors (Lipinski definition) is 4. The van der Waals surface area contributed by atoms with E-state index in [-0.39, 0.29) is 92.9 Å². The molecule has 4 aromatic carbocycles. The molecule has 0 saturated heterocycles. The number of carbonyl (C=O) groups is 2. The molecule has 420 valence electrons. The summed E-state index contributed by atoms with van der Waals surface area (Å²) in [5.74, 6) is -1.37. The lowest BCUT2D eigenvalue weighted by Crippen LogP contribution is -2.37. The number of aliphatic hydroxyl groups is 2. The fraction of sp³-hybridized carbons (Fsp3) is 0.292. The summed E-state index contributed by atoms with van der Waals surface area (Å²) in [5.41, 5.74) is -0.808. The highest BCUT2D eigenvalue weighted by Crippen LogP contribution is 2.31. The van der Waals surface area contributed by atoms with Crippen molar-refractivity contribution < 1.29 is 54.9 Å². The minimum atomic E-state index is -4.97. The van der Waals surface area contributed by atoms with Crippen molar-refractivity contribution in [3.05, 3.63) is 161 Å². The maximum Gasteiger partial charge on any atom is 0.416 e. The first-order valence-electron chi connectivity index (χ1n) is 23.5. The van der Waals surface area contributed by atoms with Crippen LogP contribution < -0.4 is 22.0 Å². The second kappa shape index (κ2) is 22.9. The predicted molar refractivity (Wildman–Crippen MR) is 270 cm³/mol. The highest BCUT2D eigenvalue weighted by Gasteiger charge is 2.42. The molecule has 32 heteroatoms. The van der Waals surface area contributed by atoms with Crippen molar-refractivity contribution in [1.29, 1.82) is 0 Å². The van der Waals surface area contributed by atoms with Crippen LogP contribution in [0.2, 0.25) is 20.1 Å². The number of halogens is 12. The third-order valence-electron chi connectivity index (χ3n) is 12.2. The number of nitrogens with zero attached hydrogens (tertiary/aromatic N) is 12. The Morgan fingerprint density at radius 3 is 1.25 bits per heavy atom. The van der Waals surface area contributed by atoms with Gasteiger partial charge < -0.3 is 20.8 Å². The van der Waals surface area contributed by atoms with Crippen molar-refractivity contribution in [3.8, 4) is 34.2 Å². The number of hydrogen-bond acceptors (Lipinski definition) is 12. The van der Waals surface area contributed by atoms with Crippen LogP contribution in [0.15, 0.2) is 107 Å². The van der Waals surface area contributed by atoms with Crippen molar-refractivity contribution in [2.75, 3.05) is 0 Å². The molecule has 20 nitrogen and oxygen atoms in total. The highest BCUT2D eigenvalue weighted by atomic mass is 35.5. The normalized spacial score (nSPS) is 17.6. The van der Waals surface area contributed by atoms with Crippen molar-refractivity contribution >= 4 is 58.2 Å². The standard InChI is InChI=1S/2C24H19Cl2F4N7O3/c2*25-13-6-4-12(5-7-13)21-34-36(23(40)35(21)9-18(38)24(28,29)30)10-19-31-11-37(33-19)20-14(2-1-3-15(20)26)22(39)32-17-8-16(17)27/h2*1-7,11,16-18,38H,8-10H2,(H,32,39)/t16-,17+,18+;16-,17+,18-/m01/s1. The predicted octanol–water partition coefficient (Wildman–Crippen LogP) is 6.82. The van der Waals surface area contributed by atoms with E-state index in [0.29, 0.717) is 19.2 Å². The van der Waals surface area contributed by atoms with E-state index in [4.69, 9.17) is 46.4 Å². The van der Waals surface area contributed by atoms with E-state index < -0.39 is 85.3 Å². The molecule has 0 unspecified atom stereocenters. The Morgan fingerprint density at radius 2 is 0.925 bits per heavy atom. The number of benzene rings is 4. The number of amides is 2. The van der Waals surface area contributed by atoms with E-state index in [1.165, 1.54) is 107 Å². The van der Waals surface area contributed by atoms with E-state index in [1.807, 2.05) is 0 Å². The molecule has 0 bridgehead atoms. The maximum atomic E-state index is 13.3. The first-order chi connectivity index (χ1) is 37.8. The van der Waals surface area contributed by atoms with Gasteiger partial charge in [0.2, 0.25) is 0 Å². The monoisotopic (exact) mass is 1200 g/mol. The molecule has 0 aliphatic heterocycles. The zero-order chi connectivity index (χ0) is 57.5. The van der Waals surface area contributed by atoms with E-state index in [9.17, 15) is 64.5 Å². The summed E-state index contributed by atoms with van der Waals surface area (Å²) in [4.78, 5) is 59.9. The first kappa shape index (κ1) is 57.2. The summed E-state index contributed by atoms with van der Waals surface area (Å²) in [5, 5.41) is 42.3. The van der Waals surface area contributed by atoms with Gasteiger partial charge in [-0.1, -0.05) is 58.5 Å². The van der Waals surface area contributed by atoms with Crippen LogP contribution >= 0.6 is 46.4 Å². The van der Waals surface area contributed by atoms with E-state index >= 15 is 0 Å². The van der Waals surface area contributed by atoms with Gasteiger partial charge in [0.1, 0.15) is 38.1 Å². The van der Waals surface area contributed by atoms with Crippen molar-refractivity contribution in [3.63, 3.8) is 0 Å². The van der Waals surface area contributed by atoms with Gasteiger partial charge in [-0.25, -0.2) is 47.1 Å². The van der Waals surface area contributed by atoms with Crippen LogP contribution in [0, 0.1) is 0 Å². The minimum Gasteiger partial charge on any atom is -0.382 e. The van der Waals surface area contributed by atoms with E-state index in [0.717, 1.165) is 9.36 Å². The van der Waals surface area contributed by atoms with Crippen LogP contribution in [-0.4, -0.2) is 129 Å². The molecule has 2 amide bonds. The SMILES string of the molecule is O=C(N[C@@H]1C[C@@H]1F)c1cccc(Cl)c1-n1cnc(Cn2nc(-c3ccc(Cl)cc3)n(C[C@@H](O)C(F)(F)F)c2=O)n1.O=C(N[C@H]1C[C@H]1F)c1cccc(Cl)c1-n1cnc(Cn2nc(-c3ccc(Cl)cc3)n(C[C@@H](O)C(F)(F)F)c2=O)n1. The second-order valence-corrected chi connectivity index (χ2v) is 19.7. The summed E-state index contributed by atoms with van der Waals surface area (Å²) in [6, 6.07) is 19.7. The van der Waals surface area contributed by atoms with Gasteiger partial charge in [-0.3, -0.25) is 18.7 Å². The summed E-state index contributed by atoms with van der Waals surface area (Å²) in [6.07, 6.45) is -14.9. The molecule has 2 aliphatic carbocycles. The Labute approximate surface area is 463 Å². The molecule has 8 aromatic rings. The van der Waals surface area contributed by atoms with E-state index in [1.54, 1.807) is 0 Å². The number of carbonyl (C=O) groups excluding carboxylic acids is 2. The van der Waals surface area contributed by atoms with Crippen LogP contribution in [0.1, 0.15) is 45.2 Å². The van der Waals surface area contributed by atoms with Crippen molar-refractivity contribution in [1.82, 2.24) is 68.9 Å². The molecule has 2 saturated carbocycles. The molecule has 0 spiro atoms. The summed E-state index contributed by atoms with van der Waals surface area (Å²) in [6.45, 7) is -2.92. The summed E-state index contributed by atoms with van der Waals surface area (Å²) >= 11 is 24.5. The average molecular weight is 1200 g/mol. The molecule has 4 aromatic heterocycles. The molecule has 6 atom stereocenters. The Bertz CT molecular complexity index is 3480. The number of aliphatic hydroxyl groups excluding tert-OH is 2. The Kier molecular flexibility index (Phi) is 16.4. The van der Waals surface area contributed by atoms with Gasteiger partial charge >= 0.3 is 23.7 Å². The number of rotatable bonds is 16. The number of alkyl halides is 8. The Balaban J connectivity index is 0.000000194. The molecule has 4 heterocycles. The van der Waals surface area contributed by atoms with Crippen LogP contribution in [0.25, 0.3) is 34.2 Å². The van der Waals surface area contributed by atoms with Crippen molar-refractivity contribution in [2.45, 2.75) is 88.0 Å². The van der Waals surface area contributed by atoms with Gasteiger partial charge in [0.05, 0.1) is 57.7 Å². The molecule has 4 N–H and O–H groups in total. The largest absolute Gasteiger partial charge is 0.416 e. The lowest BCUT2D eigenvalue weighted by Gasteiger charge is -2.15. The van der Waals surface area contributed by atoms with Crippen LogP contribution in [0.5, 0.6) is 0 Å². The van der Waals surface area contributed by atoms with Crippen LogP contribution in [-0.2, 0) is 26.2 Å². The Hall–Kier alpha value is -7.50. The maximum absolute atomic E-state index is 13.3. The topological polar surface area (TPSA) is 240 Å². The molecule has 2 fully saturated rings. The van der Waals surface area contributed by atoms with Gasteiger partial charge in [-0.2, -0.15) is 26.3 Å². The second-order valence-electron chi connectivity index (χ2n) is 18.0. The molecular weight excluding hydrogens is 1160 g/mol. The zero-order valence-electron chi connectivity index (χ0n) is 40.4. The third kappa shape index (κ3) is 12.9. The van der Waals surface area contributed by atoms with Crippen molar-refractivity contribution in [2.24, 2.45) is 0 Å². The fourth-order valence-corrected chi connectivity index (χ4v) is 8.57. The summed E-state index contributed by atoms with van der Waals surface area (Å²) in [7, 11) is 0. The number of aromatic nitrogens is 12.